The van der Waals surface area contributed by atoms with Crippen LogP contribution in [0.25, 0.3) is 0 Å². The van der Waals surface area contributed by atoms with Crippen LogP contribution >= 0.6 is 21.6 Å². The highest BCUT2D eigenvalue weighted by atomic mass is 33.1. The average Bonchev–Trinajstić information content (AvgIpc) is 3.70. The summed E-state index contributed by atoms with van der Waals surface area (Å²) in [4.78, 5) is 0. The molecule has 0 nitrogen and oxygen atoms in total. The Balaban J connectivity index is 0.844. The maximum atomic E-state index is 2.86. The topological polar surface area (TPSA) is 0 Å². The highest BCUT2D eigenvalue weighted by Gasteiger charge is 2.61. The van der Waals surface area contributed by atoms with E-state index in [1.165, 1.54) is 141 Å². The van der Waals surface area contributed by atoms with Gasteiger partial charge in [0.2, 0.25) is 0 Å². The number of hydrogen-bond donors (Lipinski definition) is 0. The van der Waals surface area contributed by atoms with E-state index in [1.807, 2.05) is 11.1 Å². The van der Waals surface area contributed by atoms with Gasteiger partial charge in [-0.2, -0.15) is 0 Å². The SMILES string of the molecule is CC(C)CCCC(C)C1CCC2C3CC=C4CC(SSC5CCC6(C)C(=CCC7C6CCC6(C)C(C(C)CCCC(C)C)CCC76)C5)CCC4(C)C3CCC12C. The van der Waals surface area contributed by atoms with Crippen LogP contribution < -0.4 is 0 Å². The van der Waals surface area contributed by atoms with E-state index >= 15 is 0 Å². The minimum absolute atomic E-state index is 0.490. The van der Waals surface area contributed by atoms with E-state index in [9.17, 15) is 0 Å². The van der Waals surface area contributed by atoms with Crippen molar-refractivity contribution in [2.24, 2.45) is 92.7 Å². The molecule has 0 radical (unpaired) electrons. The minimum atomic E-state index is 0.490. The van der Waals surface area contributed by atoms with Gasteiger partial charge < -0.3 is 0 Å². The van der Waals surface area contributed by atoms with Gasteiger partial charge in [-0.1, -0.05) is 153 Å². The zero-order valence-corrected chi connectivity index (χ0v) is 40.2. The van der Waals surface area contributed by atoms with Gasteiger partial charge in [-0.25, -0.2) is 0 Å². The summed E-state index contributed by atoms with van der Waals surface area (Å²) in [6.45, 7) is 26.0. The summed E-state index contributed by atoms with van der Waals surface area (Å²) in [6.07, 6.45) is 38.0. The molecule has 0 saturated heterocycles. The van der Waals surface area contributed by atoms with Gasteiger partial charge in [-0.3, -0.25) is 0 Å². The predicted octanol–water partition coefficient (Wildman–Crippen LogP) is 17.2. The lowest BCUT2D eigenvalue weighted by atomic mass is 9.47. The molecule has 0 aromatic rings. The molecule has 0 heterocycles. The molecule has 0 aromatic heterocycles. The van der Waals surface area contributed by atoms with Crippen molar-refractivity contribution in [3.63, 3.8) is 0 Å². The van der Waals surface area contributed by atoms with Gasteiger partial charge in [0.25, 0.3) is 0 Å². The smallest absolute Gasteiger partial charge is 0.0189 e. The fraction of sp³-hybridized carbons (Fsp3) is 0.926. The molecule has 8 aliphatic rings. The zero-order valence-electron chi connectivity index (χ0n) is 38.6. The molecule has 0 bridgehead atoms. The van der Waals surface area contributed by atoms with Crippen molar-refractivity contribution in [1.29, 1.82) is 0 Å². The number of allylic oxidation sites excluding steroid dienone is 4. The van der Waals surface area contributed by atoms with E-state index in [0.29, 0.717) is 21.7 Å². The van der Waals surface area contributed by atoms with Crippen molar-refractivity contribution < 1.29 is 0 Å². The summed E-state index contributed by atoms with van der Waals surface area (Å²) in [5, 5.41) is 1.67. The lowest BCUT2D eigenvalue weighted by molar-refractivity contribution is -0.0498. The summed E-state index contributed by atoms with van der Waals surface area (Å²) in [5.74, 6) is 11.3. The fourth-order valence-corrected chi connectivity index (χ4v) is 20.8. The Morgan fingerprint density at radius 2 is 0.911 bits per heavy atom. The first kappa shape index (κ1) is 42.9. The molecule has 0 N–H and O–H groups in total. The largest absolute Gasteiger partial charge is 0.0901 e. The van der Waals surface area contributed by atoms with E-state index in [-0.39, 0.29) is 0 Å². The standard InChI is InChI=1S/C54H90S2/c1-35(2)13-11-15-37(5)45-21-23-47-43-19-17-39-33-41(25-29-51(39,7)49(43)27-31-53(45,47)9)55-56-42-26-30-52(8)40(34-42)18-20-44-48-24-22-46(38(6)16-12-14-36(3)4)54(48,10)32-28-50(44)52/h17-18,35-38,41-50H,11-16,19-34H2,1-10H3. The van der Waals surface area contributed by atoms with Crippen LogP contribution in [0.2, 0.25) is 0 Å². The maximum Gasteiger partial charge on any atom is 0.0189 e. The maximum absolute atomic E-state index is 2.86. The van der Waals surface area contributed by atoms with Crippen molar-refractivity contribution >= 4 is 21.6 Å². The molecule has 0 spiro atoms. The molecule has 8 aliphatic carbocycles. The Bertz CT molecular complexity index is 1320. The van der Waals surface area contributed by atoms with E-state index in [4.69, 9.17) is 0 Å². The first-order chi connectivity index (χ1) is 26.7. The third-order valence-electron chi connectivity index (χ3n) is 20.8. The zero-order chi connectivity index (χ0) is 39.6. The molecule has 0 amide bonds. The Hall–Kier alpha value is 0.180. The number of hydrogen-bond acceptors (Lipinski definition) is 2. The van der Waals surface area contributed by atoms with Crippen LogP contribution in [0.3, 0.4) is 0 Å². The molecule has 318 valence electrons. The van der Waals surface area contributed by atoms with Crippen LogP contribution in [-0.4, -0.2) is 10.5 Å². The highest BCUT2D eigenvalue weighted by molar-refractivity contribution is 8.77. The number of fused-ring (bicyclic) bond motifs is 10. The van der Waals surface area contributed by atoms with Gasteiger partial charge in [0.1, 0.15) is 0 Å². The van der Waals surface area contributed by atoms with Gasteiger partial charge in [-0.05, 0) is 195 Å². The Morgan fingerprint density at radius 1 is 0.500 bits per heavy atom. The van der Waals surface area contributed by atoms with Crippen LogP contribution in [0.1, 0.15) is 210 Å². The first-order valence-electron chi connectivity index (χ1n) is 25.4. The second-order valence-corrected chi connectivity index (χ2v) is 27.4. The number of rotatable bonds is 13. The Kier molecular flexibility index (Phi) is 12.9. The van der Waals surface area contributed by atoms with E-state index < -0.39 is 0 Å². The minimum Gasteiger partial charge on any atom is -0.0901 e. The molecule has 16 atom stereocenters. The fourth-order valence-electron chi connectivity index (χ4n) is 17.6. The van der Waals surface area contributed by atoms with Crippen LogP contribution in [0.4, 0.5) is 0 Å². The average molecular weight is 803 g/mol. The van der Waals surface area contributed by atoms with E-state index in [2.05, 4.69) is 103 Å². The second-order valence-electron chi connectivity index (χ2n) is 24.5. The summed E-state index contributed by atoms with van der Waals surface area (Å²) in [6, 6.07) is 0. The predicted molar refractivity (Wildman–Crippen MR) is 249 cm³/mol. The lowest BCUT2D eigenvalue weighted by Gasteiger charge is -2.59. The molecular formula is C54H90S2. The van der Waals surface area contributed by atoms with Crippen LogP contribution in [0.15, 0.2) is 23.3 Å². The quantitative estimate of drug-likeness (QED) is 0.134. The van der Waals surface area contributed by atoms with Gasteiger partial charge in [0.05, 0.1) is 0 Å². The van der Waals surface area contributed by atoms with Crippen LogP contribution in [0, 0.1) is 92.7 Å². The Morgan fingerprint density at radius 3 is 1.30 bits per heavy atom. The molecule has 56 heavy (non-hydrogen) atoms. The van der Waals surface area contributed by atoms with E-state index in [1.54, 1.807) is 0 Å². The van der Waals surface area contributed by atoms with Crippen molar-refractivity contribution in [3.8, 4) is 0 Å². The molecule has 6 saturated carbocycles. The molecule has 0 aliphatic heterocycles. The third kappa shape index (κ3) is 7.69. The molecule has 6 fully saturated rings. The first-order valence-corrected chi connectivity index (χ1v) is 27.7. The van der Waals surface area contributed by atoms with Crippen LogP contribution in [0.5, 0.6) is 0 Å². The van der Waals surface area contributed by atoms with Gasteiger partial charge >= 0.3 is 0 Å². The van der Waals surface area contributed by atoms with Crippen molar-refractivity contribution in [2.45, 2.75) is 221 Å². The normalized spacial score (nSPS) is 46.9. The summed E-state index contributed by atoms with van der Waals surface area (Å²) in [7, 11) is 4.69. The van der Waals surface area contributed by atoms with Crippen molar-refractivity contribution in [3.05, 3.63) is 23.3 Å². The van der Waals surface area contributed by atoms with Crippen molar-refractivity contribution in [1.82, 2.24) is 0 Å². The summed E-state index contributed by atoms with van der Waals surface area (Å²) in [5.41, 5.74) is 6.01. The molecule has 8 rings (SSSR count). The Labute approximate surface area is 356 Å². The van der Waals surface area contributed by atoms with Gasteiger partial charge in [0, 0.05) is 10.5 Å². The van der Waals surface area contributed by atoms with Crippen LogP contribution in [-0.2, 0) is 0 Å². The molecule has 2 heteroatoms. The second kappa shape index (κ2) is 16.8. The molecule has 0 aromatic carbocycles. The molecule has 16 unspecified atom stereocenters. The molecular weight excluding hydrogens is 713 g/mol. The van der Waals surface area contributed by atoms with Gasteiger partial charge in [0.15, 0.2) is 0 Å². The summed E-state index contributed by atoms with van der Waals surface area (Å²) >= 11 is 0. The van der Waals surface area contributed by atoms with Gasteiger partial charge in [-0.15, -0.1) is 0 Å². The lowest BCUT2D eigenvalue weighted by Crippen LogP contribution is -2.50. The van der Waals surface area contributed by atoms with E-state index in [0.717, 1.165) is 81.5 Å². The summed E-state index contributed by atoms with van der Waals surface area (Å²) < 4.78 is 0. The third-order valence-corrected chi connectivity index (χ3v) is 24.3. The van der Waals surface area contributed by atoms with Crippen molar-refractivity contribution in [2.75, 3.05) is 0 Å². The highest BCUT2D eigenvalue weighted by Crippen LogP contribution is 2.70. The monoisotopic (exact) mass is 803 g/mol.